The van der Waals surface area contributed by atoms with Gasteiger partial charge >= 0.3 is 11.7 Å². The lowest BCUT2D eigenvalue weighted by Crippen LogP contribution is -2.40. The first-order valence-corrected chi connectivity index (χ1v) is 9.95. The van der Waals surface area contributed by atoms with Crippen molar-refractivity contribution in [1.82, 2.24) is 14.1 Å². The van der Waals surface area contributed by atoms with Gasteiger partial charge in [-0.15, -0.1) is 0 Å². The van der Waals surface area contributed by atoms with Gasteiger partial charge in [-0.1, -0.05) is 0 Å². The predicted octanol–water partition coefficient (Wildman–Crippen LogP) is 2.00. The van der Waals surface area contributed by atoms with E-state index in [1.807, 2.05) is 0 Å². The topological polar surface area (TPSA) is 128 Å². The molecule has 0 bridgehead atoms. The Morgan fingerprint density at radius 1 is 1.21 bits per heavy atom. The summed E-state index contributed by atoms with van der Waals surface area (Å²) in [5.74, 6) is -1.48. The maximum absolute atomic E-state index is 14.8. The van der Waals surface area contributed by atoms with Crippen molar-refractivity contribution < 1.29 is 23.4 Å². The van der Waals surface area contributed by atoms with Crippen molar-refractivity contribution in [3.05, 3.63) is 68.4 Å². The summed E-state index contributed by atoms with van der Waals surface area (Å²) in [6, 6.07) is 5.14. The van der Waals surface area contributed by atoms with E-state index >= 15 is 0 Å². The molecule has 0 unspecified atom stereocenters. The number of nitrogens with zero attached hydrogens (tertiary/aromatic N) is 3. The zero-order chi connectivity index (χ0) is 24.3. The SMILES string of the molecule is CCOC(=O)COc1ncccc1Oc1cc(-n2c(=O)c(C)c(C)n(C)c2=O)c(F)cc1N. The summed E-state index contributed by atoms with van der Waals surface area (Å²) in [4.78, 5) is 41.1. The molecule has 2 N–H and O–H groups in total. The molecule has 0 aliphatic carbocycles. The molecule has 0 radical (unpaired) electrons. The quantitative estimate of drug-likeness (QED) is 0.421. The van der Waals surface area contributed by atoms with E-state index in [1.54, 1.807) is 26.8 Å². The number of anilines is 1. The van der Waals surface area contributed by atoms with Gasteiger partial charge in [0.2, 0.25) is 0 Å². The number of aromatic nitrogens is 3. The Morgan fingerprint density at radius 3 is 2.64 bits per heavy atom. The van der Waals surface area contributed by atoms with E-state index in [0.717, 1.165) is 12.1 Å². The maximum Gasteiger partial charge on any atom is 0.344 e. The molecule has 10 nitrogen and oxygen atoms in total. The summed E-state index contributed by atoms with van der Waals surface area (Å²) in [5.41, 5.74) is 4.86. The molecule has 11 heteroatoms. The van der Waals surface area contributed by atoms with Gasteiger partial charge in [-0.25, -0.2) is 23.5 Å². The highest BCUT2D eigenvalue weighted by Crippen LogP contribution is 2.34. The second-order valence-corrected chi connectivity index (χ2v) is 7.04. The number of esters is 1. The maximum atomic E-state index is 14.8. The number of rotatable bonds is 7. The van der Waals surface area contributed by atoms with Crippen LogP contribution in [0.4, 0.5) is 10.1 Å². The number of hydrogen-bond donors (Lipinski definition) is 1. The Kier molecular flexibility index (Phi) is 6.80. The van der Waals surface area contributed by atoms with E-state index in [9.17, 15) is 18.8 Å². The number of pyridine rings is 1. The van der Waals surface area contributed by atoms with Gasteiger partial charge in [0.1, 0.15) is 5.82 Å². The molecule has 3 rings (SSSR count). The van der Waals surface area contributed by atoms with Crippen LogP contribution < -0.4 is 26.5 Å². The van der Waals surface area contributed by atoms with Crippen LogP contribution in [0, 0.1) is 19.7 Å². The van der Waals surface area contributed by atoms with Crippen LogP contribution in [0.3, 0.4) is 0 Å². The van der Waals surface area contributed by atoms with Crippen LogP contribution >= 0.6 is 0 Å². The molecule has 3 aromatic rings. The molecule has 2 aromatic heterocycles. The minimum atomic E-state index is -0.882. The molecule has 1 aromatic carbocycles. The fourth-order valence-corrected chi connectivity index (χ4v) is 3.00. The van der Waals surface area contributed by atoms with Crippen molar-refractivity contribution in [3.63, 3.8) is 0 Å². The van der Waals surface area contributed by atoms with Crippen molar-refractivity contribution >= 4 is 11.7 Å². The normalized spacial score (nSPS) is 10.7. The van der Waals surface area contributed by atoms with E-state index in [-0.39, 0.29) is 40.9 Å². The van der Waals surface area contributed by atoms with Crippen LogP contribution in [-0.2, 0) is 16.6 Å². The summed E-state index contributed by atoms with van der Waals surface area (Å²) in [6.07, 6.45) is 1.42. The Hall–Kier alpha value is -4.15. The van der Waals surface area contributed by atoms with Gasteiger partial charge in [-0.3, -0.25) is 4.79 Å². The minimum absolute atomic E-state index is 0.0323. The van der Waals surface area contributed by atoms with Crippen molar-refractivity contribution in [3.8, 4) is 23.1 Å². The molecule has 2 heterocycles. The summed E-state index contributed by atoms with van der Waals surface area (Å²) >= 11 is 0. The third-order valence-electron chi connectivity index (χ3n) is 4.96. The summed E-state index contributed by atoms with van der Waals surface area (Å²) in [5, 5.41) is 0. The van der Waals surface area contributed by atoms with Gasteiger partial charge < -0.3 is 24.5 Å². The second kappa shape index (κ2) is 9.55. The Morgan fingerprint density at radius 2 is 1.94 bits per heavy atom. The molecule has 0 saturated carbocycles. The highest BCUT2D eigenvalue weighted by atomic mass is 19.1. The Labute approximate surface area is 188 Å². The number of hydrogen-bond acceptors (Lipinski definition) is 8. The molecule has 174 valence electrons. The number of ether oxygens (including phenoxy) is 3. The number of carbonyl (C=O) groups is 1. The van der Waals surface area contributed by atoms with Crippen LogP contribution in [0.2, 0.25) is 0 Å². The fraction of sp³-hybridized carbons (Fsp3) is 0.273. The van der Waals surface area contributed by atoms with E-state index in [2.05, 4.69) is 4.98 Å². The van der Waals surface area contributed by atoms with Gasteiger partial charge in [0, 0.05) is 36.6 Å². The molecule has 0 aliphatic heterocycles. The average molecular weight is 458 g/mol. The first-order valence-electron chi connectivity index (χ1n) is 9.95. The third kappa shape index (κ3) is 4.71. The van der Waals surface area contributed by atoms with E-state index in [4.69, 9.17) is 19.9 Å². The molecule has 0 aliphatic rings. The lowest BCUT2D eigenvalue weighted by atomic mass is 10.2. The number of benzene rings is 1. The highest BCUT2D eigenvalue weighted by Gasteiger charge is 2.19. The van der Waals surface area contributed by atoms with Crippen LogP contribution in [0.25, 0.3) is 5.69 Å². The van der Waals surface area contributed by atoms with Gasteiger partial charge in [0.25, 0.3) is 11.4 Å². The number of halogens is 1. The molecule has 0 spiro atoms. The molecule has 0 fully saturated rings. The molecular formula is C22H23FN4O6. The van der Waals surface area contributed by atoms with Gasteiger partial charge in [0.15, 0.2) is 18.1 Å². The summed E-state index contributed by atoms with van der Waals surface area (Å²) in [6.45, 7) is 4.62. The lowest BCUT2D eigenvalue weighted by Gasteiger charge is -2.16. The Bertz CT molecular complexity index is 1290. The van der Waals surface area contributed by atoms with Gasteiger partial charge in [0.05, 0.1) is 18.0 Å². The monoisotopic (exact) mass is 458 g/mol. The number of nitrogens with two attached hydrogens (primary N) is 1. The summed E-state index contributed by atoms with van der Waals surface area (Å²) in [7, 11) is 1.48. The molecular weight excluding hydrogens is 435 g/mol. The van der Waals surface area contributed by atoms with Crippen LogP contribution in [0.1, 0.15) is 18.2 Å². The first kappa shape index (κ1) is 23.5. The smallest absolute Gasteiger partial charge is 0.344 e. The average Bonchev–Trinajstić information content (AvgIpc) is 2.79. The van der Waals surface area contributed by atoms with E-state index in [0.29, 0.717) is 10.3 Å². The zero-order valence-electron chi connectivity index (χ0n) is 18.5. The second-order valence-electron chi connectivity index (χ2n) is 7.04. The van der Waals surface area contributed by atoms with Crippen molar-refractivity contribution in [2.45, 2.75) is 20.8 Å². The summed E-state index contributed by atoms with van der Waals surface area (Å²) < 4.78 is 32.7. The van der Waals surface area contributed by atoms with Gasteiger partial charge in [-0.05, 0) is 32.9 Å². The molecule has 33 heavy (non-hydrogen) atoms. The minimum Gasteiger partial charge on any atom is -0.463 e. The largest absolute Gasteiger partial charge is 0.463 e. The third-order valence-corrected chi connectivity index (χ3v) is 4.96. The molecule has 0 amide bonds. The van der Waals surface area contributed by atoms with Crippen LogP contribution in [0.15, 0.2) is 40.1 Å². The number of nitrogen functional groups attached to an aromatic ring is 1. The van der Waals surface area contributed by atoms with Crippen LogP contribution in [-0.4, -0.2) is 33.3 Å². The zero-order valence-corrected chi connectivity index (χ0v) is 18.5. The van der Waals surface area contributed by atoms with E-state index in [1.165, 1.54) is 23.9 Å². The lowest BCUT2D eigenvalue weighted by molar-refractivity contribution is -0.145. The highest BCUT2D eigenvalue weighted by molar-refractivity contribution is 5.71. The van der Waals surface area contributed by atoms with Crippen molar-refractivity contribution in [1.29, 1.82) is 0 Å². The van der Waals surface area contributed by atoms with Crippen molar-refractivity contribution in [2.24, 2.45) is 7.05 Å². The number of carbonyl (C=O) groups excluding carboxylic acids is 1. The molecule has 0 saturated heterocycles. The molecule has 0 atom stereocenters. The van der Waals surface area contributed by atoms with Crippen molar-refractivity contribution in [2.75, 3.05) is 18.9 Å². The Balaban J connectivity index is 2.05. The predicted molar refractivity (Wildman–Crippen MR) is 118 cm³/mol. The van der Waals surface area contributed by atoms with Crippen LogP contribution in [0.5, 0.6) is 17.4 Å². The van der Waals surface area contributed by atoms with Gasteiger partial charge in [-0.2, -0.15) is 0 Å². The van der Waals surface area contributed by atoms with E-state index < -0.39 is 29.6 Å². The standard InChI is InChI=1S/C22H23FN4O6/c1-5-31-19(28)11-32-20-17(7-6-8-25-20)33-18-10-16(14(23)9-15(18)24)27-21(29)12(2)13(3)26(4)22(27)30/h6-10H,5,11,24H2,1-4H3. The first-order chi connectivity index (χ1) is 15.6. The fourth-order valence-electron chi connectivity index (χ4n) is 3.00.